The van der Waals surface area contributed by atoms with Gasteiger partial charge in [0.1, 0.15) is 6.04 Å². The van der Waals surface area contributed by atoms with Crippen LogP contribution in [0.25, 0.3) is 0 Å². The van der Waals surface area contributed by atoms with Gasteiger partial charge >= 0.3 is 0 Å². The van der Waals surface area contributed by atoms with Crippen molar-refractivity contribution < 1.29 is 19.1 Å². The molecule has 0 radical (unpaired) electrons. The Hall–Kier alpha value is -3.80. The second kappa shape index (κ2) is 13.7. The van der Waals surface area contributed by atoms with Gasteiger partial charge in [-0.2, -0.15) is 0 Å². The van der Waals surface area contributed by atoms with Crippen LogP contribution in [0, 0.1) is 6.92 Å². The summed E-state index contributed by atoms with van der Waals surface area (Å²) in [6, 6.07) is 24.7. The molecule has 3 aromatic rings. The van der Waals surface area contributed by atoms with Crippen LogP contribution in [0.15, 0.2) is 78.9 Å². The van der Waals surface area contributed by atoms with Crippen LogP contribution in [0.3, 0.4) is 0 Å². The van der Waals surface area contributed by atoms with Gasteiger partial charge in [0, 0.05) is 19.0 Å². The highest BCUT2D eigenvalue weighted by atomic mass is 16.5. The van der Waals surface area contributed by atoms with E-state index in [2.05, 4.69) is 5.32 Å². The molecule has 3 aromatic carbocycles. The van der Waals surface area contributed by atoms with Crippen molar-refractivity contribution >= 4 is 11.8 Å². The van der Waals surface area contributed by atoms with Crippen LogP contribution < -0.4 is 14.8 Å². The zero-order valence-electron chi connectivity index (χ0n) is 22.4. The van der Waals surface area contributed by atoms with Crippen LogP contribution in [0.4, 0.5) is 0 Å². The Morgan fingerprint density at radius 3 is 2.21 bits per heavy atom. The first kappa shape index (κ1) is 27.2. The molecule has 200 valence electrons. The van der Waals surface area contributed by atoms with Gasteiger partial charge in [0.2, 0.25) is 5.91 Å². The molecule has 1 aliphatic rings. The van der Waals surface area contributed by atoms with Gasteiger partial charge in [0.25, 0.3) is 5.91 Å². The number of carbonyl (C=O) groups is 2. The van der Waals surface area contributed by atoms with E-state index in [1.807, 2.05) is 73.7 Å². The minimum absolute atomic E-state index is 0.112. The van der Waals surface area contributed by atoms with Crippen molar-refractivity contribution in [2.24, 2.45) is 0 Å². The van der Waals surface area contributed by atoms with Crippen molar-refractivity contribution in [2.75, 3.05) is 13.7 Å². The third-order valence-corrected chi connectivity index (χ3v) is 7.12. The predicted molar refractivity (Wildman–Crippen MR) is 149 cm³/mol. The fourth-order valence-corrected chi connectivity index (χ4v) is 4.95. The van der Waals surface area contributed by atoms with Crippen molar-refractivity contribution in [1.82, 2.24) is 10.2 Å². The Bertz CT molecular complexity index is 1170. The molecule has 1 atom stereocenters. The maximum atomic E-state index is 13.8. The molecule has 6 heteroatoms. The van der Waals surface area contributed by atoms with E-state index in [1.54, 1.807) is 24.1 Å². The number of hydrogen-bond acceptors (Lipinski definition) is 4. The van der Waals surface area contributed by atoms with Gasteiger partial charge in [-0.15, -0.1) is 0 Å². The van der Waals surface area contributed by atoms with E-state index >= 15 is 0 Å². The summed E-state index contributed by atoms with van der Waals surface area (Å²) in [5.74, 6) is 0.681. The van der Waals surface area contributed by atoms with Crippen molar-refractivity contribution in [3.63, 3.8) is 0 Å². The standard InChI is InChI=1S/C32H38N2O4/c1-24-17-19-26(20-18-24)22-34(31(35)23-38-30-16-10-9-15-29(30)37-2)28(21-25-11-5-3-6-12-25)32(36)33-27-13-7-4-8-14-27/h3,5-6,9-12,15-20,27-28H,4,7-8,13-14,21-23H2,1-2H3,(H,33,36). The van der Waals surface area contributed by atoms with Crippen LogP contribution >= 0.6 is 0 Å². The lowest BCUT2D eigenvalue weighted by Gasteiger charge is -2.33. The average molecular weight is 515 g/mol. The van der Waals surface area contributed by atoms with Crippen LogP contribution in [0.5, 0.6) is 11.5 Å². The SMILES string of the molecule is COc1ccccc1OCC(=O)N(Cc1ccc(C)cc1)C(Cc1ccccc1)C(=O)NC1CCCCC1. The summed E-state index contributed by atoms with van der Waals surface area (Å²) < 4.78 is 11.3. The molecule has 0 aliphatic heterocycles. The van der Waals surface area contributed by atoms with Crippen molar-refractivity contribution in [1.29, 1.82) is 0 Å². The maximum absolute atomic E-state index is 13.8. The summed E-state index contributed by atoms with van der Waals surface area (Å²) in [5.41, 5.74) is 3.11. The van der Waals surface area contributed by atoms with Crippen LogP contribution in [-0.2, 0) is 22.6 Å². The minimum atomic E-state index is -0.672. The van der Waals surface area contributed by atoms with Crippen LogP contribution in [-0.4, -0.2) is 42.5 Å². The lowest BCUT2D eigenvalue weighted by atomic mass is 9.94. The summed E-state index contributed by atoms with van der Waals surface area (Å²) in [6.07, 6.45) is 5.82. The number of hydrogen-bond donors (Lipinski definition) is 1. The fraction of sp³-hybridized carbons (Fsp3) is 0.375. The van der Waals surface area contributed by atoms with Gasteiger partial charge < -0.3 is 19.7 Å². The Morgan fingerprint density at radius 1 is 0.868 bits per heavy atom. The number of rotatable bonds is 11. The zero-order chi connectivity index (χ0) is 26.7. The van der Waals surface area contributed by atoms with E-state index < -0.39 is 6.04 Å². The molecule has 0 aromatic heterocycles. The molecule has 1 fully saturated rings. The molecular weight excluding hydrogens is 476 g/mol. The van der Waals surface area contributed by atoms with Gasteiger partial charge in [0.15, 0.2) is 18.1 Å². The summed E-state index contributed by atoms with van der Waals surface area (Å²) in [7, 11) is 1.57. The molecule has 1 aliphatic carbocycles. The number of nitrogens with zero attached hydrogens (tertiary/aromatic N) is 1. The molecule has 38 heavy (non-hydrogen) atoms. The number of amides is 2. The first-order chi connectivity index (χ1) is 18.5. The number of benzene rings is 3. The Balaban J connectivity index is 1.61. The molecule has 0 saturated heterocycles. The summed E-state index contributed by atoms with van der Waals surface area (Å²) in [4.78, 5) is 29.3. The van der Waals surface area contributed by atoms with E-state index in [0.717, 1.165) is 42.4 Å². The molecule has 6 nitrogen and oxygen atoms in total. The Kier molecular flexibility index (Phi) is 9.79. The number of carbonyl (C=O) groups excluding carboxylic acids is 2. The van der Waals surface area contributed by atoms with Crippen molar-refractivity contribution in [2.45, 2.75) is 64.1 Å². The first-order valence-electron chi connectivity index (χ1n) is 13.5. The minimum Gasteiger partial charge on any atom is -0.493 e. The van der Waals surface area contributed by atoms with Crippen LogP contribution in [0.1, 0.15) is 48.8 Å². The second-order valence-electron chi connectivity index (χ2n) is 10.00. The van der Waals surface area contributed by atoms with Gasteiger partial charge in [-0.3, -0.25) is 9.59 Å². The Labute approximate surface area is 226 Å². The van der Waals surface area contributed by atoms with Crippen molar-refractivity contribution in [3.05, 3.63) is 95.6 Å². The van der Waals surface area contributed by atoms with E-state index in [0.29, 0.717) is 24.5 Å². The summed E-state index contributed by atoms with van der Waals surface area (Å²) in [6.45, 7) is 2.14. The molecule has 1 saturated carbocycles. The van der Waals surface area contributed by atoms with Gasteiger partial charge in [-0.25, -0.2) is 0 Å². The number of para-hydroxylation sites is 2. The predicted octanol–water partition coefficient (Wildman–Crippen LogP) is 5.47. The smallest absolute Gasteiger partial charge is 0.261 e. The molecule has 2 amide bonds. The zero-order valence-corrected chi connectivity index (χ0v) is 22.4. The summed E-state index contributed by atoms with van der Waals surface area (Å²) in [5, 5.41) is 3.27. The quantitative estimate of drug-likeness (QED) is 0.368. The summed E-state index contributed by atoms with van der Waals surface area (Å²) >= 11 is 0. The molecule has 1 unspecified atom stereocenters. The second-order valence-corrected chi connectivity index (χ2v) is 10.00. The molecule has 0 spiro atoms. The van der Waals surface area contributed by atoms with Crippen LogP contribution in [0.2, 0.25) is 0 Å². The monoisotopic (exact) mass is 514 g/mol. The fourth-order valence-electron chi connectivity index (χ4n) is 4.95. The molecule has 0 heterocycles. The molecule has 0 bridgehead atoms. The van der Waals surface area contributed by atoms with Gasteiger partial charge in [-0.05, 0) is 43.0 Å². The molecule has 1 N–H and O–H groups in total. The number of nitrogens with one attached hydrogen (secondary N) is 1. The third-order valence-electron chi connectivity index (χ3n) is 7.12. The average Bonchev–Trinajstić information content (AvgIpc) is 2.95. The topological polar surface area (TPSA) is 67.9 Å². The lowest BCUT2D eigenvalue weighted by Crippen LogP contribution is -2.53. The first-order valence-corrected chi connectivity index (χ1v) is 13.5. The largest absolute Gasteiger partial charge is 0.493 e. The lowest BCUT2D eigenvalue weighted by molar-refractivity contribution is -0.143. The number of ether oxygens (including phenoxy) is 2. The third kappa shape index (κ3) is 7.60. The van der Waals surface area contributed by atoms with E-state index in [4.69, 9.17) is 9.47 Å². The maximum Gasteiger partial charge on any atom is 0.261 e. The molecule has 4 rings (SSSR count). The normalized spacial score (nSPS) is 14.4. The van der Waals surface area contributed by atoms with E-state index in [9.17, 15) is 9.59 Å². The van der Waals surface area contributed by atoms with Gasteiger partial charge in [0.05, 0.1) is 7.11 Å². The highest BCUT2D eigenvalue weighted by molar-refractivity contribution is 5.88. The number of methoxy groups -OCH3 is 1. The Morgan fingerprint density at radius 2 is 1.53 bits per heavy atom. The molecular formula is C32H38N2O4. The van der Waals surface area contributed by atoms with Crippen molar-refractivity contribution in [3.8, 4) is 11.5 Å². The highest BCUT2D eigenvalue weighted by Crippen LogP contribution is 2.26. The van der Waals surface area contributed by atoms with E-state index in [-0.39, 0.29) is 24.5 Å². The van der Waals surface area contributed by atoms with Gasteiger partial charge in [-0.1, -0.05) is 91.6 Å². The highest BCUT2D eigenvalue weighted by Gasteiger charge is 2.32. The number of aryl methyl sites for hydroxylation is 1. The van der Waals surface area contributed by atoms with E-state index in [1.165, 1.54) is 6.42 Å².